The van der Waals surface area contributed by atoms with Crippen molar-refractivity contribution >= 4 is 19.8 Å². The van der Waals surface area contributed by atoms with E-state index in [1.807, 2.05) is 0 Å². The van der Waals surface area contributed by atoms with E-state index in [1.54, 1.807) is 0 Å². The van der Waals surface area contributed by atoms with Crippen molar-refractivity contribution < 1.29 is 37.6 Å². The van der Waals surface area contributed by atoms with Gasteiger partial charge in [-0.15, -0.1) is 0 Å². The Morgan fingerprint density at radius 1 is 0.470 bits per heavy atom. The minimum Gasteiger partial charge on any atom is -0.462 e. The Bertz CT molecular complexity index is 1440. The second-order valence-corrected chi connectivity index (χ2v) is 18.1. The van der Waals surface area contributed by atoms with Crippen LogP contribution in [0, 0.1) is 0 Å². The van der Waals surface area contributed by atoms with E-state index in [2.05, 4.69) is 123 Å². The molecular weight excluding hydrogens is 846 g/mol. The third kappa shape index (κ3) is 50.1. The molecule has 2 atom stereocenters. The summed E-state index contributed by atoms with van der Waals surface area (Å²) in [5.74, 6) is -0.846. The topological polar surface area (TPSA) is 134 Å². The van der Waals surface area contributed by atoms with Crippen molar-refractivity contribution in [1.82, 2.24) is 0 Å². The molecular formula is C56H94NO8P. The average molecular weight is 940 g/mol. The number of rotatable bonds is 47. The lowest BCUT2D eigenvalue weighted by atomic mass is 10.1. The summed E-state index contributed by atoms with van der Waals surface area (Å²) in [7, 11) is -4.38. The number of hydrogen-bond donors (Lipinski definition) is 2. The highest BCUT2D eigenvalue weighted by molar-refractivity contribution is 7.47. The Kier molecular flexibility index (Phi) is 48.5. The average Bonchev–Trinajstić information content (AvgIpc) is 3.31. The first-order chi connectivity index (χ1) is 32.3. The number of ether oxygens (including phenoxy) is 2. The lowest BCUT2D eigenvalue weighted by Crippen LogP contribution is -2.29. The van der Waals surface area contributed by atoms with E-state index in [0.717, 1.165) is 103 Å². The first kappa shape index (κ1) is 62.7. The van der Waals surface area contributed by atoms with Gasteiger partial charge in [0.05, 0.1) is 13.2 Å². The van der Waals surface area contributed by atoms with Crippen LogP contribution >= 0.6 is 7.82 Å². The molecule has 0 bridgehead atoms. The molecule has 0 rings (SSSR count). The number of phosphoric acid groups is 1. The standard InChI is InChI=1S/C56H94NO8P/c1-3-5-7-9-11-13-14-15-16-17-18-19-20-21-22-23-24-25-26-27-28-29-30-31-32-33-34-35-36-37-38-39-40-41-43-45-47-49-56(59)65-54(53-64-66(60,61)63-51-50-57)52-62-55(58)48-46-44-42-12-10-8-6-4-2/h5,7,11,13,15-16,18-19,21-22,24-25,27-28,30-31,33-34,54H,3-4,6,8-10,12,14,17,20,23,26,29,32,35-53,57H2,1-2H3,(H,60,61)/b7-5-,13-11-,16-15-,19-18-,22-21-,25-24-,28-27-,31-30-,34-33-. The number of nitrogens with two attached hydrogens (primary N) is 1. The van der Waals surface area contributed by atoms with Gasteiger partial charge in [-0.1, -0.05) is 213 Å². The highest BCUT2D eigenvalue weighted by Crippen LogP contribution is 2.43. The van der Waals surface area contributed by atoms with E-state index in [4.69, 9.17) is 24.3 Å². The van der Waals surface area contributed by atoms with Gasteiger partial charge in [0, 0.05) is 19.4 Å². The quantitative estimate of drug-likeness (QED) is 0.0265. The third-order valence-corrected chi connectivity index (χ3v) is 11.4. The molecule has 9 nitrogen and oxygen atoms in total. The van der Waals surface area contributed by atoms with Gasteiger partial charge in [0.1, 0.15) is 6.61 Å². The Labute approximate surface area is 403 Å². The van der Waals surface area contributed by atoms with Crippen molar-refractivity contribution in [3.63, 3.8) is 0 Å². The highest BCUT2D eigenvalue weighted by Gasteiger charge is 2.26. The maximum atomic E-state index is 12.6. The maximum Gasteiger partial charge on any atom is 0.472 e. The van der Waals surface area contributed by atoms with Crippen LogP contribution in [0.4, 0.5) is 0 Å². The first-order valence-corrected chi connectivity index (χ1v) is 27.4. The summed E-state index contributed by atoms with van der Waals surface area (Å²) in [5, 5.41) is 0. The van der Waals surface area contributed by atoms with E-state index >= 15 is 0 Å². The van der Waals surface area contributed by atoms with Crippen LogP contribution in [-0.2, 0) is 32.7 Å². The van der Waals surface area contributed by atoms with E-state index in [1.165, 1.54) is 64.2 Å². The molecule has 0 aliphatic carbocycles. The minimum atomic E-state index is -4.38. The number of allylic oxidation sites excluding steroid dienone is 18. The van der Waals surface area contributed by atoms with E-state index in [-0.39, 0.29) is 32.6 Å². The van der Waals surface area contributed by atoms with E-state index in [0.29, 0.717) is 6.42 Å². The molecule has 376 valence electrons. The molecule has 10 heteroatoms. The molecule has 0 fully saturated rings. The van der Waals surface area contributed by atoms with Crippen LogP contribution in [0.3, 0.4) is 0 Å². The zero-order valence-electron chi connectivity index (χ0n) is 41.6. The monoisotopic (exact) mass is 940 g/mol. The van der Waals surface area contributed by atoms with Crippen molar-refractivity contribution in [1.29, 1.82) is 0 Å². The molecule has 0 aromatic heterocycles. The number of hydrogen-bond acceptors (Lipinski definition) is 8. The molecule has 2 unspecified atom stereocenters. The Hall–Kier alpha value is -3.33. The lowest BCUT2D eigenvalue weighted by Gasteiger charge is -2.19. The maximum absolute atomic E-state index is 12.6. The SMILES string of the molecule is CC/C=C\C/C=C\C/C=C\C/C=C\C/C=C\C/C=C\C/C=C\C/C=C\C/C=C\CCCCCCCCCCCC(=O)OC(COC(=O)CCCCCCCCCC)COP(=O)(O)OCCN. The van der Waals surface area contributed by atoms with E-state index < -0.39 is 32.5 Å². The second kappa shape index (κ2) is 51.1. The predicted octanol–water partition coefficient (Wildman–Crippen LogP) is 15.9. The third-order valence-electron chi connectivity index (χ3n) is 10.4. The number of carbonyl (C=O) groups is 2. The molecule has 0 radical (unpaired) electrons. The highest BCUT2D eigenvalue weighted by atomic mass is 31.2. The molecule has 66 heavy (non-hydrogen) atoms. The van der Waals surface area contributed by atoms with Crippen LogP contribution in [0.15, 0.2) is 109 Å². The van der Waals surface area contributed by atoms with Crippen LogP contribution < -0.4 is 5.73 Å². The fourth-order valence-corrected chi connectivity index (χ4v) is 7.39. The van der Waals surface area contributed by atoms with Crippen molar-refractivity contribution in [2.24, 2.45) is 5.73 Å². The predicted molar refractivity (Wildman–Crippen MR) is 279 cm³/mol. The number of phosphoric ester groups is 1. The van der Waals surface area contributed by atoms with Gasteiger partial charge in [-0.2, -0.15) is 0 Å². The summed E-state index contributed by atoms with van der Waals surface area (Å²) in [6.07, 6.45) is 68.7. The smallest absolute Gasteiger partial charge is 0.462 e. The summed E-state index contributed by atoms with van der Waals surface area (Å²) in [5.41, 5.74) is 5.35. The van der Waals surface area contributed by atoms with Crippen LogP contribution in [0.1, 0.15) is 200 Å². The molecule has 0 heterocycles. The van der Waals surface area contributed by atoms with Crippen molar-refractivity contribution in [2.75, 3.05) is 26.4 Å². The molecule has 0 amide bonds. The van der Waals surface area contributed by atoms with Crippen LogP contribution in [0.2, 0.25) is 0 Å². The van der Waals surface area contributed by atoms with Gasteiger partial charge < -0.3 is 20.1 Å². The zero-order valence-corrected chi connectivity index (χ0v) is 42.5. The van der Waals surface area contributed by atoms with Gasteiger partial charge in [0.15, 0.2) is 6.10 Å². The molecule has 3 N–H and O–H groups in total. The van der Waals surface area contributed by atoms with Gasteiger partial charge >= 0.3 is 19.8 Å². The largest absolute Gasteiger partial charge is 0.472 e. The van der Waals surface area contributed by atoms with E-state index in [9.17, 15) is 19.0 Å². The summed E-state index contributed by atoms with van der Waals surface area (Å²) in [4.78, 5) is 34.8. The molecule has 0 spiro atoms. The first-order valence-electron chi connectivity index (χ1n) is 25.9. The fraction of sp³-hybridized carbons (Fsp3) is 0.643. The molecule has 0 aliphatic heterocycles. The van der Waals surface area contributed by atoms with Crippen LogP contribution in [0.5, 0.6) is 0 Å². The summed E-state index contributed by atoms with van der Waals surface area (Å²) >= 11 is 0. The summed E-state index contributed by atoms with van der Waals surface area (Å²) in [6, 6.07) is 0. The van der Waals surface area contributed by atoms with Gasteiger partial charge in [-0.25, -0.2) is 4.57 Å². The van der Waals surface area contributed by atoms with Gasteiger partial charge in [-0.3, -0.25) is 18.6 Å². The van der Waals surface area contributed by atoms with Crippen LogP contribution in [0.25, 0.3) is 0 Å². The number of esters is 2. The lowest BCUT2D eigenvalue weighted by molar-refractivity contribution is -0.161. The summed E-state index contributed by atoms with van der Waals surface area (Å²) < 4.78 is 32.7. The van der Waals surface area contributed by atoms with Crippen molar-refractivity contribution in [3.05, 3.63) is 109 Å². The number of unbranched alkanes of at least 4 members (excludes halogenated alkanes) is 16. The number of carbonyl (C=O) groups excluding carboxylic acids is 2. The molecule has 0 aromatic rings. The molecule has 0 aliphatic rings. The molecule has 0 aromatic carbocycles. The summed E-state index contributed by atoms with van der Waals surface area (Å²) in [6.45, 7) is 3.56. The zero-order chi connectivity index (χ0) is 48.1. The van der Waals surface area contributed by atoms with Gasteiger partial charge in [0.25, 0.3) is 0 Å². The molecule has 0 saturated carbocycles. The Balaban J connectivity index is 3.94. The van der Waals surface area contributed by atoms with Gasteiger partial charge in [0.2, 0.25) is 0 Å². The van der Waals surface area contributed by atoms with Gasteiger partial charge in [-0.05, 0) is 83.5 Å². The van der Waals surface area contributed by atoms with Crippen molar-refractivity contribution in [3.8, 4) is 0 Å². The molecule has 0 saturated heterocycles. The second-order valence-electron chi connectivity index (χ2n) is 16.7. The fourth-order valence-electron chi connectivity index (χ4n) is 6.63. The Morgan fingerprint density at radius 2 is 0.833 bits per heavy atom. The van der Waals surface area contributed by atoms with Crippen LogP contribution in [-0.4, -0.2) is 49.3 Å². The minimum absolute atomic E-state index is 0.0484. The Morgan fingerprint density at radius 3 is 1.24 bits per heavy atom. The van der Waals surface area contributed by atoms with Crippen molar-refractivity contribution in [2.45, 2.75) is 206 Å². The normalized spacial score (nSPS) is 14.1.